The molecule has 2 rings (SSSR count). The zero-order valence-electron chi connectivity index (χ0n) is 11.4. The Kier molecular flexibility index (Phi) is 4.93. The Morgan fingerprint density at radius 3 is 2.60 bits per heavy atom. The number of amides is 1. The summed E-state index contributed by atoms with van der Waals surface area (Å²) in [6.07, 6.45) is 5.31. The molecule has 1 N–H and O–H groups in total. The molecule has 1 unspecified atom stereocenters. The van der Waals surface area contributed by atoms with Crippen LogP contribution in [-0.2, 0) is 9.59 Å². The van der Waals surface area contributed by atoms with E-state index in [0.29, 0.717) is 25.9 Å². The number of carboxylic acid groups (broad SMARTS) is 1. The minimum absolute atomic E-state index is 0.0418. The van der Waals surface area contributed by atoms with Gasteiger partial charge in [0.25, 0.3) is 0 Å². The number of aliphatic carboxylic acids is 1. The molecule has 1 atom stereocenters. The minimum atomic E-state index is -0.751. The lowest BCUT2D eigenvalue weighted by molar-refractivity contribution is -0.142. The highest BCUT2D eigenvalue weighted by Gasteiger charge is 2.23. The maximum atomic E-state index is 12.1. The highest BCUT2D eigenvalue weighted by atomic mass is 16.4. The molecule has 20 heavy (non-hydrogen) atoms. The fourth-order valence-electron chi connectivity index (χ4n) is 2.40. The van der Waals surface area contributed by atoms with Gasteiger partial charge >= 0.3 is 5.97 Å². The lowest BCUT2D eigenvalue weighted by Crippen LogP contribution is -2.30. The van der Waals surface area contributed by atoms with Crippen LogP contribution in [0.4, 0.5) is 0 Å². The van der Waals surface area contributed by atoms with E-state index in [2.05, 4.69) is 0 Å². The van der Waals surface area contributed by atoms with Crippen LogP contribution in [-0.4, -0.2) is 35.0 Å². The van der Waals surface area contributed by atoms with Crippen molar-refractivity contribution in [3.8, 4) is 0 Å². The van der Waals surface area contributed by atoms with Gasteiger partial charge in [-0.3, -0.25) is 9.59 Å². The summed E-state index contributed by atoms with van der Waals surface area (Å²) in [5, 5.41) is 9.02. The highest BCUT2D eigenvalue weighted by molar-refractivity contribution is 5.91. The third-order valence-electron chi connectivity index (χ3n) is 3.61. The van der Waals surface area contributed by atoms with Crippen molar-refractivity contribution in [2.75, 3.05) is 13.1 Å². The van der Waals surface area contributed by atoms with E-state index in [-0.39, 0.29) is 11.8 Å². The molecule has 1 saturated heterocycles. The lowest BCUT2D eigenvalue weighted by atomic mass is 10.0. The smallest absolute Gasteiger partial charge is 0.306 e. The van der Waals surface area contributed by atoms with Crippen molar-refractivity contribution in [2.45, 2.75) is 19.3 Å². The van der Waals surface area contributed by atoms with Gasteiger partial charge in [-0.15, -0.1) is 0 Å². The summed E-state index contributed by atoms with van der Waals surface area (Å²) in [4.78, 5) is 24.8. The Balaban J connectivity index is 1.93. The van der Waals surface area contributed by atoms with E-state index in [1.165, 1.54) is 0 Å². The molecular weight excluding hydrogens is 254 g/mol. The standard InChI is InChI=1S/C16H19NO3/c18-15(9-8-13-5-2-1-3-6-13)17-11-4-7-14(10-12-17)16(19)20/h1-3,5-6,8-9,14H,4,7,10-12H2,(H,19,20)/b9-8+. The molecule has 1 heterocycles. The Hall–Kier alpha value is -2.10. The van der Waals surface area contributed by atoms with Crippen LogP contribution in [0.15, 0.2) is 36.4 Å². The molecular formula is C16H19NO3. The van der Waals surface area contributed by atoms with Gasteiger partial charge in [-0.1, -0.05) is 30.3 Å². The van der Waals surface area contributed by atoms with E-state index in [1.807, 2.05) is 30.3 Å². The molecule has 1 fully saturated rings. The maximum Gasteiger partial charge on any atom is 0.306 e. The molecule has 1 aliphatic heterocycles. The summed E-state index contributed by atoms with van der Waals surface area (Å²) >= 11 is 0. The third kappa shape index (κ3) is 3.95. The molecule has 0 aliphatic carbocycles. The second-order valence-corrected chi connectivity index (χ2v) is 5.04. The molecule has 0 spiro atoms. The van der Waals surface area contributed by atoms with Crippen molar-refractivity contribution in [3.63, 3.8) is 0 Å². The van der Waals surface area contributed by atoms with Crippen LogP contribution in [0.5, 0.6) is 0 Å². The summed E-state index contributed by atoms with van der Waals surface area (Å²) in [6, 6.07) is 9.65. The zero-order valence-corrected chi connectivity index (χ0v) is 11.4. The molecule has 1 aromatic rings. The molecule has 4 nitrogen and oxygen atoms in total. The van der Waals surface area contributed by atoms with Gasteiger partial charge in [0.15, 0.2) is 0 Å². The Morgan fingerprint density at radius 2 is 1.90 bits per heavy atom. The molecule has 0 aromatic heterocycles. The number of carbonyl (C=O) groups excluding carboxylic acids is 1. The van der Waals surface area contributed by atoms with Gasteiger partial charge in [-0.25, -0.2) is 0 Å². The third-order valence-corrected chi connectivity index (χ3v) is 3.61. The lowest BCUT2D eigenvalue weighted by Gasteiger charge is -2.18. The van der Waals surface area contributed by atoms with Crippen LogP contribution in [0.3, 0.4) is 0 Å². The fraction of sp³-hybridized carbons (Fsp3) is 0.375. The predicted molar refractivity (Wildman–Crippen MR) is 77.0 cm³/mol. The van der Waals surface area contributed by atoms with Crippen LogP contribution in [0.1, 0.15) is 24.8 Å². The molecule has 1 amide bonds. The molecule has 0 radical (unpaired) electrons. The van der Waals surface area contributed by atoms with E-state index in [4.69, 9.17) is 5.11 Å². The number of likely N-dealkylation sites (tertiary alicyclic amines) is 1. The van der Waals surface area contributed by atoms with E-state index >= 15 is 0 Å². The van der Waals surface area contributed by atoms with Crippen molar-refractivity contribution in [1.82, 2.24) is 4.90 Å². The van der Waals surface area contributed by atoms with E-state index in [9.17, 15) is 9.59 Å². The molecule has 0 bridgehead atoms. The van der Waals surface area contributed by atoms with Crippen molar-refractivity contribution < 1.29 is 14.7 Å². The van der Waals surface area contributed by atoms with Crippen LogP contribution < -0.4 is 0 Å². The van der Waals surface area contributed by atoms with Gasteiger partial charge in [-0.2, -0.15) is 0 Å². The van der Waals surface area contributed by atoms with Crippen LogP contribution in [0, 0.1) is 5.92 Å². The normalized spacial score (nSPS) is 19.8. The first-order valence-electron chi connectivity index (χ1n) is 6.91. The second kappa shape index (κ2) is 6.89. The minimum Gasteiger partial charge on any atom is -0.481 e. The predicted octanol–water partition coefficient (Wildman–Crippen LogP) is 2.41. The average molecular weight is 273 g/mol. The summed E-state index contributed by atoms with van der Waals surface area (Å²) in [5.74, 6) is -1.11. The molecule has 1 aromatic carbocycles. The van der Waals surface area contributed by atoms with Gasteiger partial charge in [0.1, 0.15) is 0 Å². The fourth-order valence-corrected chi connectivity index (χ4v) is 2.40. The monoisotopic (exact) mass is 273 g/mol. The summed E-state index contributed by atoms with van der Waals surface area (Å²) < 4.78 is 0. The summed E-state index contributed by atoms with van der Waals surface area (Å²) in [5.41, 5.74) is 0.985. The number of nitrogens with zero attached hydrogens (tertiary/aromatic N) is 1. The highest BCUT2D eigenvalue weighted by Crippen LogP contribution is 2.18. The largest absolute Gasteiger partial charge is 0.481 e. The number of carboxylic acids is 1. The number of rotatable bonds is 3. The SMILES string of the molecule is O=C(O)C1CCCN(C(=O)/C=C/c2ccccc2)CC1. The number of hydrogen-bond acceptors (Lipinski definition) is 2. The van der Waals surface area contributed by atoms with Crippen molar-refractivity contribution >= 4 is 18.0 Å². The maximum absolute atomic E-state index is 12.1. The Labute approximate surface area is 118 Å². The van der Waals surface area contributed by atoms with Crippen molar-refractivity contribution in [3.05, 3.63) is 42.0 Å². The topological polar surface area (TPSA) is 57.6 Å². The molecule has 106 valence electrons. The number of carbonyl (C=O) groups is 2. The Bertz CT molecular complexity index is 496. The van der Waals surface area contributed by atoms with Crippen molar-refractivity contribution in [1.29, 1.82) is 0 Å². The van der Waals surface area contributed by atoms with E-state index in [0.717, 1.165) is 12.0 Å². The first-order chi connectivity index (χ1) is 9.66. The first kappa shape index (κ1) is 14.3. The summed E-state index contributed by atoms with van der Waals surface area (Å²) in [6.45, 7) is 1.16. The van der Waals surface area contributed by atoms with Crippen LogP contribution in [0.25, 0.3) is 6.08 Å². The number of hydrogen-bond donors (Lipinski definition) is 1. The van der Waals surface area contributed by atoms with Crippen LogP contribution in [0.2, 0.25) is 0 Å². The Morgan fingerprint density at radius 1 is 1.15 bits per heavy atom. The van der Waals surface area contributed by atoms with Gasteiger partial charge in [-0.05, 0) is 30.9 Å². The number of benzene rings is 1. The van der Waals surface area contributed by atoms with E-state index < -0.39 is 5.97 Å². The van der Waals surface area contributed by atoms with Gasteiger partial charge in [0, 0.05) is 19.2 Å². The van der Waals surface area contributed by atoms with E-state index in [1.54, 1.807) is 17.1 Å². The molecule has 0 saturated carbocycles. The van der Waals surface area contributed by atoms with Gasteiger partial charge in [0.2, 0.25) is 5.91 Å². The average Bonchev–Trinajstić information content (AvgIpc) is 2.72. The molecule has 1 aliphatic rings. The first-order valence-corrected chi connectivity index (χ1v) is 6.91. The van der Waals surface area contributed by atoms with Crippen LogP contribution >= 0.6 is 0 Å². The van der Waals surface area contributed by atoms with Crippen molar-refractivity contribution in [2.24, 2.45) is 5.92 Å². The second-order valence-electron chi connectivity index (χ2n) is 5.04. The summed E-state index contributed by atoms with van der Waals surface area (Å²) in [7, 11) is 0. The zero-order chi connectivity index (χ0) is 14.4. The van der Waals surface area contributed by atoms with Gasteiger partial charge < -0.3 is 10.0 Å². The molecule has 4 heteroatoms. The van der Waals surface area contributed by atoms with Gasteiger partial charge in [0.05, 0.1) is 5.92 Å². The quantitative estimate of drug-likeness (QED) is 0.860.